The Kier molecular flexibility index (Phi) is 16.8. The quantitative estimate of drug-likeness (QED) is 0.0672. The molecule has 2 fully saturated rings. The van der Waals surface area contributed by atoms with E-state index in [4.69, 9.17) is 16.3 Å². The van der Waals surface area contributed by atoms with Crippen LogP contribution < -0.4 is 26.0 Å². The van der Waals surface area contributed by atoms with Crippen molar-refractivity contribution in [1.29, 1.82) is 0 Å². The van der Waals surface area contributed by atoms with Crippen molar-refractivity contribution in [3.63, 3.8) is 0 Å². The van der Waals surface area contributed by atoms with Gasteiger partial charge >= 0.3 is 0 Å². The minimum Gasteiger partial charge on any atom is -0.494 e. The van der Waals surface area contributed by atoms with Crippen LogP contribution in [0.2, 0.25) is 5.02 Å². The highest BCUT2D eigenvalue weighted by Crippen LogP contribution is 2.35. The van der Waals surface area contributed by atoms with Gasteiger partial charge in [-0.2, -0.15) is 0 Å². The summed E-state index contributed by atoms with van der Waals surface area (Å²) >= 11 is 7.53. The Hall–Kier alpha value is -6.54. The number of amides is 5. The van der Waals surface area contributed by atoms with E-state index in [0.717, 1.165) is 21.7 Å². The number of fused-ring (bicyclic) bond motifs is 1. The Morgan fingerprint density at radius 1 is 0.986 bits per heavy atom. The number of hydrogen-bond acceptors (Lipinski definition) is 13. The van der Waals surface area contributed by atoms with E-state index in [1.165, 1.54) is 42.6 Å². The van der Waals surface area contributed by atoms with Crippen LogP contribution in [0.25, 0.3) is 21.3 Å². The van der Waals surface area contributed by atoms with Crippen molar-refractivity contribution in [2.45, 2.75) is 65.6 Å². The molecule has 2 aromatic heterocycles. The number of aryl methyl sites for hydroxylation is 1. The number of nitrogens with zero attached hydrogens (tertiary/aromatic N) is 6. The molecule has 370 valence electrons. The molecule has 17 nitrogen and oxygen atoms in total. The maximum absolute atomic E-state index is 14.1. The summed E-state index contributed by atoms with van der Waals surface area (Å²) in [5, 5.41) is 22.9. The molecule has 3 atom stereocenters. The molecule has 4 heterocycles. The van der Waals surface area contributed by atoms with Gasteiger partial charge in [0.1, 0.15) is 29.8 Å². The van der Waals surface area contributed by atoms with Crippen LogP contribution in [-0.4, -0.2) is 129 Å². The summed E-state index contributed by atoms with van der Waals surface area (Å²) in [5.41, 5.74) is 5.54. The molecule has 0 bridgehead atoms. The maximum Gasteiger partial charge on any atom is 0.248 e. The van der Waals surface area contributed by atoms with Crippen LogP contribution in [0.5, 0.6) is 5.75 Å². The lowest BCUT2D eigenvalue weighted by molar-refractivity contribution is -0.144. The Morgan fingerprint density at radius 3 is 2.43 bits per heavy atom. The van der Waals surface area contributed by atoms with E-state index in [9.17, 15) is 33.5 Å². The first-order valence-electron chi connectivity index (χ1n) is 23.0. The molecule has 70 heavy (non-hydrogen) atoms. The van der Waals surface area contributed by atoms with E-state index >= 15 is 0 Å². The number of halogens is 2. The SMILES string of the molecule is COc1cc2ncnc(Nc3ccc(F)c(Cl)c3)c2cc1NC(=O)/C=C/CN1CCN(C(=O)CCC(=O)NCC(C(=O)N2C[C@H](O)C[C@H]2C(=O)NCc2ccc(-c3scnc3C)cc2)C(C)(C)C)CC1. The zero-order chi connectivity index (χ0) is 50.1. The van der Waals surface area contributed by atoms with Gasteiger partial charge in [0.05, 0.1) is 51.4 Å². The fraction of sp³-hybridized carbons (Fsp3) is 0.400. The lowest BCUT2D eigenvalue weighted by atomic mass is 9.79. The highest BCUT2D eigenvalue weighted by molar-refractivity contribution is 7.13. The molecule has 5 amide bonds. The van der Waals surface area contributed by atoms with Gasteiger partial charge in [-0.1, -0.05) is 62.7 Å². The number of benzene rings is 3. The number of nitrogens with one attached hydrogen (secondary N) is 4. The van der Waals surface area contributed by atoms with Crippen LogP contribution >= 0.6 is 22.9 Å². The molecule has 0 aliphatic carbocycles. The number of methoxy groups -OCH3 is 1. The predicted octanol–water partition coefficient (Wildman–Crippen LogP) is 6.08. The number of aliphatic hydroxyl groups excluding tert-OH is 1. The first kappa shape index (κ1) is 51.3. The van der Waals surface area contributed by atoms with E-state index in [-0.39, 0.29) is 67.5 Å². The third kappa shape index (κ3) is 13.0. The molecule has 3 aromatic carbocycles. The van der Waals surface area contributed by atoms with E-state index in [0.29, 0.717) is 66.6 Å². The minimum absolute atomic E-state index is 0.00326. The second-order valence-electron chi connectivity index (χ2n) is 18.4. The topological polar surface area (TPSA) is 211 Å². The first-order valence-corrected chi connectivity index (χ1v) is 24.3. The number of carbonyl (C=O) groups excluding carboxylic acids is 5. The molecule has 7 rings (SSSR count). The molecule has 2 saturated heterocycles. The van der Waals surface area contributed by atoms with Crippen molar-refractivity contribution in [3.8, 4) is 16.2 Å². The van der Waals surface area contributed by atoms with Crippen molar-refractivity contribution >= 4 is 80.6 Å². The molecular weight excluding hydrogens is 939 g/mol. The van der Waals surface area contributed by atoms with Crippen molar-refractivity contribution in [2.24, 2.45) is 11.3 Å². The molecule has 0 radical (unpaired) electrons. The number of anilines is 3. The number of aliphatic hydroxyl groups is 1. The normalized spacial score (nSPS) is 16.9. The van der Waals surface area contributed by atoms with Gasteiger partial charge < -0.3 is 40.9 Å². The van der Waals surface area contributed by atoms with E-state index in [1.54, 1.807) is 40.0 Å². The fourth-order valence-corrected chi connectivity index (χ4v) is 9.43. The van der Waals surface area contributed by atoms with Gasteiger partial charge in [0.25, 0.3) is 0 Å². The van der Waals surface area contributed by atoms with Crippen LogP contribution in [0.4, 0.5) is 21.6 Å². The lowest BCUT2D eigenvalue weighted by Crippen LogP contribution is -2.52. The summed E-state index contributed by atoms with van der Waals surface area (Å²) in [7, 11) is 1.48. The number of β-amino-alcohol motifs (C(OH)–C–C–N with tert-alkyl or cyclic N) is 1. The minimum atomic E-state index is -0.867. The number of ether oxygens (including phenoxy) is 1. The number of carbonyl (C=O) groups is 5. The number of hydrogen-bond donors (Lipinski definition) is 5. The number of rotatable bonds is 17. The molecule has 0 spiro atoms. The van der Waals surface area contributed by atoms with Gasteiger partial charge in [-0.05, 0) is 47.7 Å². The average Bonchev–Trinajstić information content (AvgIpc) is 3.96. The Morgan fingerprint density at radius 2 is 1.74 bits per heavy atom. The second kappa shape index (κ2) is 22.9. The molecule has 5 N–H and O–H groups in total. The molecule has 2 aliphatic rings. The highest BCUT2D eigenvalue weighted by atomic mass is 35.5. The van der Waals surface area contributed by atoms with Crippen LogP contribution in [0.15, 0.2) is 78.6 Å². The maximum atomic E-state index is 14.1. The zero-order valence-electron chi connectivity index (χ0n) is 39.8. The number of piperazine rings is 1. The second-order valence-corrected chi connectivity index (χ2v) is 19.7. The number of likely N-dealkylation sites (tertiary alicyclic amines) is 1. The van der Waals surface area contributed by atoms with E-state index < -0.39 is 35.2 Å². The molecule has 5 aromatic rings. The van der Waals surface area contributed by atoms with E-state index in [2.05, 4.69) is 41.1 Å². The van der Waals surface area contributed by atoms with Gasteiger partial charge in [-0.25, -0.2) is 19.3 Å². The third-order valence-corrected chi connectivity index (χ3v) is 13.7. The van der Waals surface area contributed by atoms with Gasteiger partial charge in [0.2, 0.25) is 29.5 Å². The molecule has 20 heteroatoms. The fourth-order valence-electron chi connectivity index (χ4n) is 8.44. The smallest absolute Gasteiger partial charge is 0.248 e. The van der Waals surface area contributed by atoms with Gasteiger partial charge in [0.15, 0.2) is 0 Å². The van der Waals surface area contributed by atoms with Crippen LogP contribution in [0.3, 0.4) is 0 Å². The highest BCUT2D eigenvalue weighted by Gasteiger charge is 2.44. The van der Waals surface area contributed by atoms with Gasteiger partial charge in [0, 0.05) is 94.8 Å². The Balaban J connectivity index is 0.838. The Labute approximate surface area is 414 Å². The molecular formula is C50H58ClFN10O7S. The summed E-state index contributed by atoms with van der Waals surface area (Å²) in [6, 6.07) is 14.6. The van der Waals surface area contributed by atoms with Crippen molar-refractivity contribution in [3.05, 3.63) is 101 Å². The number of aromatic nitrogens is 3. The third-order valence-electron chi connectivity index (χ3n) is 12.5. The molecule has 0 saturated carbocycles. The summed E-state index contributed by atoms with van der Waals surface area (Å²) < 4.78 is 19.3. The van der Waals surface area contributed by atoms with Crippen molar-refractivity contribution in [2.75, 3.05) is 63.6 Å². The monoisotopic (exact) mass is 996 g/mol. The first-order chi connectivity index (χ1) is 33.5. The largest absolute Gasteiger partial charge is 0.494 e. The van der Waals surface area contributed by atoms with Crippen LogP contribution in [0, 0.1) is 24.1 Å². The standard InChI is InChI=1S/C50H58ClFN10O7S/c1-30-46(70-29-57-30)32-10-8-31(9-11-32)25-54-48(67)41-22-34(63)27-62(41)49(68)36(50(2,3)4)26-53-43(64)14-15-45(66)61-19-17-60(18-20-61)16-6-7-44(65)59-40-23-35-39(24-42(40)69-5)55-28-56-47(35)58-33-12-13-38(52)37(51)21-33/h6-13,21,23-24,28-29,34,36,41,63H,14-20,22,25-27H2,1-5H3,(H,53,64)(H,54,67)(H,59,65)(H,55,56,58)/b7-6+/t34-,36?,41+/m1/s1. The van der Waals surface area contributed by atoms with E-state index in [1.807, 2.05) is 52.0 Å². The summed E-state index contributed by atoms with van der Waals surface area (Å²) in [6.45, 7) is 10.4. The summed E-state index contributed by atoms with van der Waals surface area (Å²) in [6.07, 6.45) is 3.71. The molecule has 1 unspecified atom stereocenters. The summed E-state index contributed by atoms with van der Waals surface area (Å²) in [4.78, 5) is 86.2. The van der Waals surface area contributed by atoms with Crippen LogP contribution in [-0.2, 0) is 30.5 Å². The van der Waals surface area contributed by atoms with Crippen molar-refractivity contribution in [1.82, 2.24) is 40.3 Å². The van der Waals surface area contributed by atoms with Crippen molar-refractivity contribution < 1.29 is 38.2 Å². The van der Waals surface area contributed by atoms with Gasteiger partial charge in [-0.3, -0.25) is 28.9 Å². The van der Waals surface area contributed by atoms with Crippen LogP contribution in [0.1, 0.15) is 51.3 Å². The lowest BCUT2D eigenvalue weighted by Gasteiger charge is -2.35. The zero-order valence-corrected chi connectivity index (χ0v) is 41.3. The van der Waals surface area contributed by atoms with Gasteiger partial charge in [-0.15, -0.1) is 11.3 Å². The average molecular weight is 998 g/mol. The predicted molar refractivity (Wildman–Crippen MR) is 267 cm³/mol. The summed E-state index contributed by atoms with van der Waals surface area (Å²) in [5.74, 6) is -2.06. The number of thiazole rings is 1. The Bertz CT molecular complexity index is 2740. The molecule has 2 aliphatic heterocycles.